The Morgan fingerprint density at radius 3 is 1.07 bits per heavy atom. The van der Waals surface area contributed by atoms with Gasteiger partial charge in [0.15, 0.2) is 0 Å². The zero-order chi connectivity index (χ0) is 68.7. The number of aromatic nitrogens is 4. The van der Waals surface area contributed by atoms with Crippen molar-refractivity contribution in [1.29, 1.82) is 0 Å². The van der Waals surface area contributed by atoms with Crippen LogP contribution in [0.1, 0.15) is 213 Å². The molecule has 4 nitrogen and oxygen atoms in total. The summed E-state index contributed by atoms with van der Waals surface area (Å²) in [6.07, 6.45) is 27.5. The molecule has 0 bridgehead atoms. The van der Waals surface area contributed by atoms with Crippen LogP contribution in [0.3, 0.4) is 0 Å². The SMILES string of the molecule is Cc1cc(C)c(C)c(-c2ccc3c(C4CCCCC4)cccc3[n+]2C)c1.Cc1ccc(C)c(-c2ccc3c(C4CCCCC4)cccc3[n+]2C)c1.Cc1ccccc1-c1ccc2c(C3CCCCC3)cccc2[n+]1C.Cc1ccccc1-c1ccc2cc(C3CCCCC3)ccc2[n+]1C. The number of nitrogens with zero attached hydrogens (tertiary/aromatic N) is 4. The van der Waals surface area contributed by atoms with E-state index in [2.05, 4.69) is 295 Å². The maximum Gasteiger partial charge on any atom is 0.213 e. The van der Waals surface area contributed by atoms with Gasteiger partial charge < -0.3 is 0 Å². The molecule has 506 valence electrons. The van der Waals surface area contributed by atoms with Crippen LogP contribution in [-0.2, 0) is 28.2 Å². The van der Waals surface area contributed by atoms with Crippen molar-refractivity contribution in [1.82, 2.24) is 0 Å². The molecule has 0 radical (unpaired) electrons. The molecule has 4 heterocycles. The van der Waals surface area contributed by atoms with Gasteiger partial charge in [0.25, 0.3) is 0 Å². The smallest absolute Gasteiger partial charge is 0.194 e. The molecule has 4 aliphatic carbocycles. The third-order valence-electron chi connectivity index (χ3n) is 23.7. The van der Waals surface area contributed by atoms with E-state index in [4.69, 9.17) is 0 Å². The van der Waals surface area contributed by atoms with Gasteiger partial charge >= 0.3 is 0 Å². The van der Waals surface area contributed by atoms with Crippen LogP contribution in [0.4, 0.5) is 0 Å². The second-order valence-corrected chi connectivity index (χ2v) is 30.3. The Hall–Kier alpha value is -8.60. The fraction of sp³-hybridized carbons (Fsp3) is 0.368. The number of fused-ring (bicyclic) bond motifs is 4. The molecule has 16 rings (SSSR count). The molecule has 0 unspecified atom stereocenters. The predicted molar refractivity (Wildman–Crippen MR) is 419 cm³/mol. The van der Waals surface area contributed by atoms with Gasteiger partial charge in [-0.1, -0.05) is 185 Å². The zero-order valence-corrected chi connectivity index (χ0v) is 61.8. The molecule has 4 fully saturated rings. The minimum Gasteiger partial charge on any atom is -0.194 e. The van der Waals surface area contributed by atoms with E-state index in [9.17, 15) is 0 Å². The van der Waals surface area contributed by atoms with Gasteiger partial charge in [0.1, 0.15) is 28.2 Å². The number of pyridine rings is 4. The molecule has 4 saturated carbocycles. The third-order valence-corrected chi connectivity index (χ3v) is 23.7. The van der Waals surface area contributed by atoms with Gasteiger partial charge in [0.2, 0.25) is 44.8 Å². The van der Waals surface area contributed by atoms with Crippen LogP contribution in [0.2, 0.25) is 0 Å². The quantitative estimate of drug-likeness (QED) is 0.135. The molecule has 12 aromatic rings. The van der Waals surface area contributed by atoms with Crippen LogP contribution in [0.25, 0.3) is 88.6 Å². The van der Waals surface area contributed by atoms with Gasteiger partial charge in [-0.05, 0) is 228 Å². The van der Waals surface area contributed by atoms with E-state index < -0.39 is 0 Å². The molecule has 0 saturated heterocycles. The Kier molecular flexibility index (Phi) is 21.8. The summed E-state index contributed by atoms with van der Waals surface area (Å²) in [5.74, 6) is 2.99. The van der Waals surface area contributed by atoms with Gasteiger partial charge in [-0.15, -0.1) is 0 Å². The minimum atomic E-state index is 0.737. The lowest BCUT2D eigenvalue weighted by atomic mass is 9.82. The average Bonchev–Trinajstić information content (AvgIpc) is 0.810. The van der Waals surface area contributed by atoms with E-state index in [1.54, 1.807) is 16.7 Å². The van der Waals surface area contributed by atoms with Crippen LogP contribution in [0.5, 0.6) is 0 Å². The molecular formula is C95H110N4+4. The Morgan fingerprint density at radius 2 is 0.626 bits per heavy atom. The van der Waals surface area contributed by atoms with Crippen LogP contribution in [-0.4, -0.2) is 0 Å². The van der Waals surface area contributed by atoms with Crippen molar-refractivity contribution in [2.45, 2.75) is 201 Å². The van der Waals surface area contributed by atoms with Crippen molar-refractivity contribution < 1.29 is 18.3 Å². The summed E-state index contributed by atoms with van der Waals surface area (Å²) >= 11 is 0. The Balaban J connectivity index is 0.000000119. The lowest BCUT2D eigenvalue weighted by molar-refractivity contribution is -0.633. The molecular weight excluding hydrogens is 1200 g/mol. The molecule has 0 atom stereocenters. The molecule has 0 N–H and O–H groups in total. The molecule has 4 aliphatic rings. The van der Waals surface area contributed by atoms with Gasteiger partial charge in [-0.25, -0.2) is 0 Å². The van der Waals surface area contributed by atoms with Gasteiger partial charge in [0.05, 0.1) is 0 Å². The van der Waals surface area contributed by atoms with Crippen molar-refractivity contribution >= 4 is 43.6 Å². The van der Waals surface area contributed by atoms with Crippen molar-refractivity contribution in [2.24, 2.45) is 28.2 Å². The summed E-state index contributed by atoms with van der Waals surface area (Å²) in [5.41, 5.74) is 31.5. The summed E-state index contributed by atoms with van der Waals surface area (Å²) in [5, 5.41) is 5.67. The second-order valence-electron chi connectivity index (χ2n) is 30.3. The lowest BCUT2D eigenvalue weighted by Crippen LogP contribution is -2.32. The summed E-state index contributed by atoms with van der Waals surface area (Å²) in [6.45, 7) is 15.4. The van der Waals surface area contributed by atoms with E-state index in [0.29, 0.717) is 0 Å². The maximum absolute atomic E-state index is 2.42. The summed E-state index contributed by atoms with van der Waals surface area (Å²) in [6, 6.07) is 75.0. The Morgan fingerprint density at radius 1 is 0.253 bits per heavy atom. The zero-order valence-electron chi connectivity index (χ0n) is 61.8. The molecule has 0 spiro atoms. The first-order chi connectivity index (χ1) is 48.2. The Labute approximate surface area is 593 Å². The first-order valence-electron chi connectivity index (χ1n) is 38.2. The molecule has 0 amide bonds. The van der Waals surface area contributed by atoms with Crippen molar-refractivity contribution in [2.75, 3.05) is 0 Å². The second kappa shape index (κ2) is 31.3. The normalized spacial score (nSPS) is 15.7. The molecule has 8 aromatic carbocycles. The molecule has 0 aliphatic heterocycles. The molecule has 4 heteroatoms. The van der Waals surface area contributed by atoms with Crippen LogP contribution < -0.4 is 18.3 Å². The lowest BCUT2D eigenvalue weighted by Gasteiger charge is -2.23. The first-order valence-corrected chi connectivity index (χ1v) is 38.2. The highest BCUT2D eigenvalue weighted by Gasteiger charge is 2.27. The van der Waals surface area contributed by atoms with E-state index in [0.717, 1.165) is 23.7 Å². The molecule has 99 heavy (non-hydrogen) atoms. The number of hydrogen-bond acceptors (Lipinski definition) is 0. The highest BCUT2D eigenvalue weighted by atomic mass is 15.0. The minimum absolute atomic E-state index is 0.737. The van der Waals surface area contributed by atoms with Crippen molar-refractivity contribution in [3.8, 4) is 45.0 Å². The average molecular weight is 1310 g/mol. The van der Waals surface area contributed by atoms with E-state index in [1.807, 2.05) is 0 Å². The van der Waals surface area contributed by atoms with Gasteiger partial charge in [-0.3, -0.25) is 0 Å². The fourth-order valence-electron chi connectivity index (χ4n) is 17.9. The van der Waals surface area contributed by atoms with Crippen LogP contribution in [0, 0.1) is 48.5 Å². The number of hydrogen-bond donors (Lipinski definition) is 0. The number of rotatable bonds is 8. The van der Waals surface area contributed by atoms with E-state index in [-0.39, 0.29) is 0 Å². The van der Waals surface area contributed by atoms with Crippen molar-refractivity contribution in [3.05, 3.63) is 261 Å². The topological polar surface area (TPSA) is 15.5 Å². The van der Waals surface area contributed by atoms with Crippen LogP contribution in [0.15, 0.2) is 200 Å². The molecule has 4 aromatic heterocycles. The largest absolute Gasteiger partial charge is 0.213 e. The number of aryl methyl sites for hydroxylation is 10. The standard InChI is InChI=1S/C25H30N.C24H28N.2C23H26N/c1-17-15-18(2)19(3)23(16-17)25-14-13-22-21(20-9-6-5-7-10-20)11-8-12-24(22)26(25)4;1-17-12-13-18(2)22(16-17)24-15-14-21-20(19-8-5-4-6-9-19)10-7-11-23(21)25(24)3;1-17-9-6-7-12-19(17)23-16-15-21-20(18-10-4-3-5-11-18)13-8-14-22(21)24(23)2;1-17-8-6-7-11-21(17)23-15-13-20-16-19(12-14-22(20)24(23)2)18-9-4-3-5-10-18/h8,11-16,20H,5-7,9-10H2,1-4H3;7,10-16,19H,4-6,8-9H2,1-3H3;6-9,12-16,18H,3-5,10-11H2,1-2H3;6-8,11-16,18H,3-5,9-10H2,1-2H3/q4*+1. The summed E-state index contributed by atoms with van der Waals surface area (Å²) < 4.78 is 9.47. The highest BCUT2D eigenvalue weighted by Crippen LogP contribution is 2.41. The Bertz CT molecular complexity index is 4850. The van der Waals surface area contributed by atoms with Gasteiger partial charge in [-0.2, -0.15) is 18.3 Å². The van der Waals surface area contributed by atoms with E-state index in [1.165, 1.54) is 262 Å². The highest BCUT2D eigenvalue weighted by molar-refractivity contribution is 5.85. The van der Waals surface area contributed by atoms with E-state index >= 15 is 0 Å². The third kappa shape index (κ3) is 15.0. The monoisotopic (exact) mass is 1310 g/mol. The maximum atomic E-state index is 2.42. The van der Waals surface area contributed by atoms with Gasteiger partial charge in [0, 0.05) is 92.3 Å². The number of benzene rings is 8. The summed E-state index contributed by atoms with van der Waals surface area (Å²) in [7, 11) is 8.82. The summed E-state index contributed by atoms with van der Waals surface area (Å²) in [4.78, 5) is 0. The van der Waals surface area contributed by atoms with Crippen molar-refractivity contribution in [3.63, 3.8) is 0 Å². The predicted octanol–water partition coefficient (Wildman–Crippen LogP) is 23.7. The first kappa shape index (κ1) is 68.9. The fourth-order valence-corrected chi connectivity index (χ4v) is 17.9. The van der Waals surface area contributed by atoms with Crippen LogP contribution >= 0.6 is 0 Å².